The Morgan fingerprint density at radius 3 is 2.50 bits per heavy atom. The Morgan fingerprint density at radius 1 is 0.958 bits per heavy atom. The number of rotatable bonds is 2. The normalized spacial score (nSPS) is 16.5. The minimum atomic E-state index is -0.114. The summed E-state index contributed by atoms with van der Waals surface area (Å²) in [6.45, 7) is 0.685. The Kier molecular flexibility index (Phi) is 3.79. The lowest BCUT2D eigenvalue weighted by molar-refractivity contribution is 0.0694. The van der Waals surface area contributed by atoms with E-state index in [0.29, 0.717) is 12.1 Å². The van der Waals surface area contributed by atoms with E-state index < -0.39 is 0 Å². The Labute approximate surface area is 140 Å². The molecule has 4 nitrogen and oxygen atoms in total. The van der Waals surface area contributed by atoms with Crippen molar-refractivity contribution in [3.63, 3.8) is 0 Å². The summed E-state index contributed by atoms with van der Waals surface area (Å²) in [7, 11) is 0. The third-order valence-corrected chi connectivity index (χ3v) is 4.45. The van der Waals surface area contributed by atoms with Gasteiger partial charge in [-0.1, -0.05) is 30.3 Å². The molecule has 3 aromatic rings. The van der Waals surface area contributed by atoms with E-state index >= 15 is 0 Å². The molecule has 24 heavy (non-hydrogen) atoms. The van der Waals surface area contributed by atoms with E-state index in [1.54, 1.807) is 24.7 Å². The quantitative estimate of drug-likeness (QED) is 0.729. The molecule has 118 valence electrons. The highest BCUT2D eigenvalue weighted by Crippen LogP contribution is 2.35. The first-order chi connectivity index (χ1) is 11.8. The summed E-state index contributed by atoms with van der Waals surface area (Å²) < 4.78 is 0. The lowest BCUT2D eigenvalue weighted by atomic mass is 9.88. The zero-order chi connectivity index (χ0) is 16.4. The second-order valence-electron chi connectivity index (χ2n) is 5.88. The topological polar surface area (TPSA) is 46.1 Å². The molecule has 4 heteroatoms. The molecular formula is C20H17N3O. The molecule has 0 radical (unpaired) electrons. The van der Waals surface area contributed by atoms with Crippen LogP contribution in [0.25, 0.3) is 0 Å². The summed E-state index contributed by atoms with van der Waals surface area (Å²) in [6.07, 6.45) is 7.77. The Bertz CT molecular complexity index is 849. The fourth-order valence-electron chi connectivity index (χ4n) is 3.34. The van der Waals surface area contributed by atoms with Crippen molar-refractivity contribution in [3.05, 3.63) is 95.6 Å². The molecule has 0 spiro atoms. The van der Waals surface area contributed by atoms with Crippen molar-refractivity contribution in [1.82, 2.24) is 14.9 Å². The Balaban J connectivity index is 1.80. The molecule has 0 fully saturated rings. The number of carbonyl (C=O) groups excluding carboxylic acids is 1. The van der Waals surface area contributed by atoms with Crippen LogP contribution in [0.4, 0.5) is 0 Å². The lowest BCUT2D eigenvalue weighted by Gasteiger charge is -2.37. The van der Waals surface area contributed by atoms with Crippen molar-refractivity contribution >= 4 is 5.91 Å². The number of amides is 1. The largest absolute Gasteiger partial charge is 0.327 e. The summed E-state index contributed by atoms with van der Waals surface area (Å²) in [5.74, 6) is 0.00598. The Hall–Kier alpha value is -3.01. The van der Waals surface area contributed by atoms with E-state index in [1.807, 2.05) is 35.4 Å². The average Bonchev–Trinajstić information content (AvgIpc) is 2.68. The lowest BCUT2D eigenvalue weighted by Crippen LogP contribution is -2.40. The highest BCUT2D eigenvalue weighted by Gasteiger charge is 2.32. The second kappa shape index (κ2) is 6.24. The fourth-order valence-corrected chi connectivity index (χ4v) is 3.34. The summed E-state index contributed by atoms with van der Waals surface area (Å²) >= 11 is 0. The number of carbonyl (C=O) groups is 1. The van der Waals surface area contributed by atoms with Crippen molar-refractivity contribution < 1.29 is 4.79 Å². The first-order valence-corrected chi connectivity index (χ1v) is 8.03. The van der Waals surface area contributed by atoms with Crippen molar-refractivity contribution in [1.29, 1.82) is 0 Å². The fraction of sp³-hybridized carbons (Fsp3) is 0.150. The third kappa shape index (κ3) is 2.56. The molecule has 2 aromatic heterocycles. The van der Waals surface area contributed by atoms with Crippen LogP contribution >= 0.6 is 0 Å². The van der Waals surface area contributed by atoms with Gasteiger partial charge in [-0.2, -0.15) is 0 Å². The Morgan fingerprint density at radius 2 is 1.75 bits per heavy atom. The molecule has 3 heterocycles. The van der Waals surface area contributed by atoms with Gasteiger partial charge in [-0.25, -0.2) is 0 Å². The van der Waals surface area contributed by atoms with Crippen LogP contribution in [0.15, 0.2) is 73.3 Å². The molecule has 1 aromatic carbocycles. The molecule has 4 rings (SSSR count). The van der Waals surface area contributed by atoms with Gasteiger partial charge in [-0.3, -0.25) is 14.8 Å². The van der Waals surface area contributed by atoms with Crippen LogP contribution < -0.4 is 0 Å². The first-order valence-electron chi connectivity index (χ1n) is 8.03. The van der Waals surface area contributed by atoms with E-state index in [1.165, 1.54) is 11.1 Å². The number of benzene rings is 1. The van der Waals surface area contributed by atoms with Gasteiger partial charge in [-0.15, -0.1) is 0 Å². The van der Waals surface area contributed by atoms with Gasteiger partial charge in [0.15, 0.2) is 0 Å². The molecule has 1 unspecified atom stereocenters. The minimum Gasteiger partial charge on any atom is -0.327 e. The predicted molar refractivity (Wildman–Crippen MR) is 91.5 cm³/mol. The van der Waals surface area contributed by atoms with E-state index in [2.05, 4.69) is 28.2 Å². The molecule has 0 aliphatic carbocycles. The van der Waals surface area contributed by atoms with Gasteiger partial charge in [0.05, 0.1) is 11.6 Å². The number of hydrogen-bond acceptors (Lipinski definition) is 3. The van der Waals surface area contributed by atoms with Gasteiger partial charge in [0, 0.05) is 31.3 Å². The van der Waals surface area contributed by atoms with Crippen molar-refractivity contribution in [2.24, 2.45) is 0 Å². The zero-order valence-electron chi connectivity index (χ0n) is 13.2. The number of hydrogen-bond donors (Lipinski definition) is 0. The summed E-state index contributed by atoms with van der Waals surface area (Å²) in [4.78, 5) is 23.3. The van der Waals surface area contributed by atoms with Crippen molar-refractivity contribution in [2.45, 2.75) is 12.5 Å². The van der Waals surface area contributed by atoms with E-state index in [9.17, 15) is 4.79 Å². The molecule has 1 atom stereocenters. The van der Waals surface area contributed by atoms with Gasteiger partial charge in [0.2, 0.25) is 0 Å². The molecule has 0 saturated carbocycles. The van der Waals surface area contributed by atoms with Crippen LogP contribution in [0.2, 0.25) is 0 Å². The van der Waals surface area contributed by atoms with Crippen LogP contribution in [-0.2, 0) is 6.42 Å². The standard InChI is InChI=1S/C20H17N3O/c24-20(17-7-4-11-22-14-17)23-12-9-15-5-1-2-8-18(15)19(23)16-6-3-10-21-13-16/h1-8,10-11,13-14,19H,9,12H2. The van der Waals surface area contributed by atoms with Crippen LogP contribution in [0.1, 0.15) is 33.1 Å². The molecule has 1 aliphatic heterocycles. The van der Waals surface area contributed by atoms with Crippen LogP contribution in [0, 0.1) is 0 Å². The average molecular weight is 315 g/mol. The van der Waals surface area contributed by atoms with E-state index in [4.69, 9.17) is 0 Å². The van der Waals surface area contributed by atoms with Gasteiger partial charge in [0.1, 0.15) is 0 Å². The number of nitrogens with zero attached hydrogens (tertiary/aromatic N) is 3. The summed E-state index contributed by atoms with van der Waals surface area (Å²) in [6, 6.07) is 15.8. The number of aromatic nitrogens is 2. The maximum absolute atomic E-state index is 13.1. The number of fused-ring (bicyclic) bond motifs is 1. The van der Waals surface area contributed by atoms with Crippen LogP contribution in [0.3, 0.4) is 0 Å². The smallest absolute Gasteiger partial charge is 0.256 e. The molecule has 1 aliphatic rings. The van der Waals surface area contributed by atoms with Gasteiger partial charge in [-0.05, 0) is 41.3 Å². The highest BCUT2D eigenvalue weighted by molar-refractivity contribution is 5.94. The molecule has 0 N–H and O–H groups in total. The summed E-state index contributed by atoms with van der Waals surface area (Å²) in [5, 5.41) is 0. The molecule has 0 bridgehead atoms. The molecule has 1 amide bonds. The van der Waals surface area contributed by atoms with Crippen molar-refractivity contribution in [2.75, 3.05) is 6.54 Å². The van der Waals surface area contributed by atoms with Gasteiger partial charge >= 0.3 is 0 Å². The van der Waals surface area contributed by atoms with Crippen LogP contribution in [0.5, 0.6) is 0 Å². The predicted octanol–water partition coefficient (Wildman–Crippen LogP) is 3.26. The second-order valence-corrected chi connectivity index (χ2v) is 5.88. The number of pyridine rings is 2. The monoisotopic (exact) mass is 315 g/mol. The van der Waals surface area contributed by atoms with Crippen molar-refractivity contribution in [3.8, 4) is 0 Å². The van der Waals surface area contributed by atoms with Crippen LogP contribution in [-0.4, -0.2) is 27.3 Å². The molecular weight excluding hydrogens is 298 g/mol. The van der Waals surface area contributed by atoms with E-state index in [0.717, 1.165) is 12.0 Å². The SMILES string of the molecule is O=C(c1cccnc1)N1CCc2ccccc2C1c1cccnc1. The first kappa shape index (κ1) is 14.6. The summed E-state index contributed by atoms with van der Waals surface area (Å²) in [5.41, 5.74) is 4.11. The minimum absolute atomic E-state index is 0.00598. The van der Waals surface area contributed by atoms with E-state index in [-0.39, 0.29) is 11.9 Å². The molecule has 0 saturated heterocycles. The van der Waals surface area contributed by atoms with Gasteiger partial charge in [0.25, 0.3) is 5.91 Å². The maximum Gasteiger partial charge on any atom is 0.256 e. The van der Waals surface area contributed by atoms with Gasteiger partial charge < -0.3 is 4.90 Å². The maximum atomic E-state index is 13.1. The zero-order valence-corrected chi connectivity index (χ0v) is 13.2. The third-order valence-electron chi connectivity index (χ3n) is 4.45. The highest BCUT2D eigenvalue weighted by atomic mass is 16.2.